The molecule has 10 heteroatoms. The molecule has 0 fully saturated rings. The lowest BCUT2D eigenvalue weighted by Crippen LogP contribution is -2.47. The summed E-state index contributed by atoms with van der Waals surface area (Å²) in [6.07, 6.45) is 78.0. The number of rotatable bonds is 58. The highest BCUT2D eigenvalue weighted by molar-refractivity contribution is 7.45. The van der Waals surface area contributed by atoms with E-state index in [1.165, 1.54) is 141 Å². The third kappa shape index (κ3) is 59.4. The van der Waals surface area contributed by atoms with E-state index in [2.05, 4.69) is 111 Å². The Morgan fingerprint density at radius 3 is 1.24 bits per heavy atom. The number of carbonyl (C=O) groups is 2. The van der Waals surface area contributed by atoms with Gasteiger partial charge in [-0.05, 0) is 109 Å². The summed E-state index contributed by atoms with van der Waals surface area (Å²) in [5.74, 6) is -0.594. The molecule has 0 heterocycles. The van der Waals surface area contributed by atoms with E-state index < -0.39 is 26.6 Å². The van der Waals surface area contributed by atoms with Gasteiger partial charge in [-0.15, -0.1) is 0 Å². The van der Waals surface area contributed by atoms with E-state index in [1.807, 2.05) is 33.3 Å². The van der Waals surface area contributed by atoms with Crippen LogP contribution in [0.2, 0.25) is 0 Å². The largest absolute Gasteiger partial charge is 0.756 e. The zero-order valence-electron chi connectivity index (χ0n) is 52.1. The number of phosphoric ester groups is 1. The van der Waals surface area contributed by atoms with Crippen LogP contribution in [-0.2, 0) is 27.9 Å². The number of ether oxygens (including phenoxy) is 1. The van der Waals surface area contributed by atoms with Gasteiger partial charge in [-0.3, -0.25) is 14.2 Å². The number of likely N-dealkylation sites (N-methyl/N-ethyl adjacent to an activating group) is 1. The number of amides is 1. The van der Waals surface area contributed by atoms with E-state index in [9.17, 15) is 19.0 Å². The Kier molecular flexibility index (Phi) is 55.9. The molecule has 1 N–H and O–H groups in total. The molecule has 0 spiro atoms. The van der Waals surface area contributed by atoms with Crippen molar-refractivity contribution in [1.82, 2.24) is 5.32 Å². The van der Waals surface area contributed by atoms with Gasteiger partial charge in [0.2, 0.25) is 5.91 Å². The number of phosphoric acid groups is 1. The molecule has 0 saturated heterocycles. The molecule has 0 aromatic carbocycles. The summed E-state index contributed by atoms with van der Waals surface area (Å²) < 4.78 is 30.3. The Hall–Kier alpha value is -3.07. The molecule has 0 aliphatic rings. The number of esters is 1. The number of hydrogen-bond donors (Lipinski definition) is 1. The predicted octanol–water partition coefficient (Wildman–Crippen LogP) is 19.7. The smallest absolute Gasteiger partial charge is 0.306 e. The van der Waals surface area contributed by atoms with Crippen molar-refractivity contribution in [3.05, 3.63) is 97.2 Å². The van der Waals surface area contributed by atoms with E-state index in [1.54, 1.807) is 0 Å². The number of hydrogen-bond acceptors (Lipinski definition) is 7. The molecule has 456 valence electrons. The second kappa shape index (κ2) is 58.1. The molecule has 9 nitrogen and oxygen atoms in total. The lowest BCUT2D eigenvalue weighted by molar-refractivity contribution is -0.870. The minimum absolute atomic E-state index is 0.0336. The SMILES string of the molecule is CC/C=C\C/C=C\C/C=C\C/C=C\C/C=C\C/C=C\CCCCC(=O)OC(/C=C/CCCCCCCCCCCCC)C(COP(=O)([O-])OCC[N+](C)(C)C)NC(=O)CCCCCCCCCCC/C=C/CCCCCCCC. The van der Waals surface area contributed by atoms with Gasteiger partial charge in [0.25, 0.3) is 7.82 Å². The average molecular weight is 1120 g/mol. The number of nitrogens with one attached hydrogen (secondary N) is 1. The van der Waals surface area contributed by atoms with Gasteiger partial charge in [-0.25, -0.2) is 0 Å². The van der Waals surface area contributed by atoms with Crippen molar-refractivity contribution in [1.29, 1.82) is 0 Å². The Morgan fingerprint density at radius 2 is 0.810 bits per heavy atom. The molecule has 0 saturated carbocycles. The fourth-order valence-electron chi connectivity index (χ4n) is 8.99. The van der Waals surface area contributed by atoms with Crippen LogP contribution in [0.3, 0.4) is 0 Å². The van der Waals surface area contributed by atoms with Gasteiger partial charge in [0.05, 0.1) is 33.8 Å². The van der Waals surface area contributed by atoms with Gasteiger partial charge in [-0.2, -0.15) is 0 Å². The van der Waals surface area contributed by atoms with E-state index in [-0.39, 0.29) is 24.9 Å². The van der Waals surface area contributed by atoms with Crippen LogP contribution in [0.25, 0.3) is 0 Å². The number of allylic oxidation sites excluding steroid dienone is 15. The minimum atomic E-state index is -4.72. The van der Waals surface area contributed by atoms with Crippen LogP contribution in [0.1, 0.15) is 278 Å². The molecule has 0 aliphatic carbocycles. The molecule has 79 heavy (non-hydrogen) atoms. The maximum absolute atomic E-state index is 13.6. The molecule has 0 rings (SSSR count). The summed E-state index contributed by atoms with van der Waals surface area (Å²) in [6.45, 7) is 6.71. The lowest BCUT2D eigenvalue weighted by Gasteiger charge is -2.30. The van der Waals surface area contributed by atoms with Crippen LogP contribution in [-0.4, -0.2) is 69.4 Å². The number of quaternary nitrogens is 1. The molecule has 0 radical (unpaired) electrons. The van der Waals surface area contributed by atoms with Crippen LogP contribution in [0, 0.1) is 0 Å². The number of unbranched alkanes of at least 4 members (excludes halogenated alkanes) is 28. The monoisotopic (exact) mass is 1120 g/mol. The summed E-state index contributed by atoms with van der Waals surface area (Å²) in [6, 6.07) is -0.913. The lowest BCUT2D eigenvalue weighted by atomic mass is 10.0. The van der Waals surface area contributed by atoms with E-state index >= 15 is 0 Å². The predicted molar refractivity (Wildman–Crippen MR) is 339 cm³/mol. The molecule has 3 unspecified atom stereocenters. The summed E-state index contributed by atoms with van der Waals surface area (Å²) in [4.78, 5) is 40.1. The van der Waals surface area contributed by atoms with Crippen LogP contribution in [0.15, 0.2) is 97.2 Å². The quantitative estimate of drug-likeness (QED) is 0.0212. The van der Waals surface area contributed by atoms with Crippen molar-refractivity contribution in [3.63, 3.8) is 0 Å². The Morgan fingerprint density at radius 1 is 0.456 bits per heavy atom. The van der Waals surface area contributed by atoms with E-state index in [0.717, 1.165) is 96.3 Å². The van der Waals surface area contributed by atoms with E-state index in [0.29, 0.717) is 23.9 Å². The van der Waals surface area contributed by atoms with Crippen LogP contribution < -0.4 is 10.2 Å². The van der Waals surface area contributed by atoms with Gasteiger partial charge < -0.3 is 28.5 Å². The van der Waals surface area contributed by atoms with Gasteiger partial charge >= 0.3 is 5.97 Å². The second-order valence-electron chi connectivity index (χ2n) is 22.9. The first-order chi connectivity index (χ1) is 38.4. The topological polar surface area (TPSA) is 114 Å². The third-order valence-electron chi connectivity index (χ3n) is 14.0. The van der Waals surface area contributed by atoms with Crippen molar-refractivity contribution in [2.24, 2.45) is 0 Å². The Balaban J connectivity index is 5.33. The highest BCUT2D eigenvalue weighted by atomic mass is 31.2. The molecule has 0 bridgehead atoms. The fraction of sp³-hybridized carbons (Fsp3) is 0.739. The molecular weight excluding hydrogens is 1000 g/mol. The zero-order valence-corrected chi connectivity index (χ0v) is 52.9. The highest BCUT2D eigenvalue weighted by Crippen LogP contribution is 2.38. The minimum Gasteiger partial charge on any atom is -0.756 e. The summed E-state index contributed by atoms with van der Waals surface area (Å²) >= 11 is 0. The number of carbonyl (C=O) groups excluding carboxylic acids is 2. The van der Waals surface area contributed by atoms with Gasteiger partial charge in [0.15, 0.2) is 0 Å². The first-order valence-corrected chi connectivity index (χ1v) is 34.0. The summed E-state index contributed by atoms with van der Waals surface area (Å²) in [5, 5.41) is 3.02. The van der Waals surface area contributed by atoms with Crippen molar-refractivity contribution < 1.29 is 37.3 Å². The van der Waals surface area contributed by atoms with Crippen LogP contribution in [0.4, 0.5) is 0 Å². The molecule has 0 aliphatic heterocycles. The highest BCUT2D eigenvalue weighted by Gasteiger charge is 2.27. The van der Waals surface area contributed by atoms with E-state index in [4.69, 9.17) is 13.8 Å². The molecular formula is C69H123N2O7P. The van der Waals surface area contributed by atoms with Gasteiger partial charge in [0, 0.05) is 12.8 Å². The molecule has 3 atom stereocenters. The summed E-state index contributed by atoms with van der Waals surface area (Å²) in [5.41, 5.74) is 0. The number of nitrogens with zero attached hydrogens (tertiary/aromatic N) is 1. The Bertz CT molecular complexity index is 1670. The summed E-state index contributed by atoms with van der Waals surface area (Å²) in [7, 11) is 1.15. The van der Waals surface area contributed by atoms with Gasteiger partial charge in [-0.1, -0.05) is 253 Å². The Labute approximate surface area is 488 Å². The van der Waals surface area contributed by atoms with Crippen LogP contribution >= 0.6 is 7.82 Å². The normalized spacial score (nSPS) is 14.3. The first kappa shape index (κ1) is 75.9. The third-order valence-corrected chi connectivity index (χ3v) is 15.0. The van der Waals surface area contributed by atoms with Crippen molar-refractivity contribution in [3.8, 4) is 0 Å². The molecule has 0 aromatic rings. The molecule has 0 aromatic heterocycles. The first-order valence-electron chi connectivity index (χ1n) is 32.5. The van der Waals surface area contributed by atoms with Crippen molar-refractivity contribution in [2.75, 3.05) is 40.9 Å². The molecule has 1 amide bonds. The van der Waals surface area contributed by atoms with Crippen molar-refractivity contribution >= 4 is 19.7 Å². The fourth-order valence-corrected chi connectivity index (χ4v) is 9.71. The second-order valence-corrected chi connectivity index (χ2v) is 24.3. The van der Waals surface area contributed by atoms with Crippen LogP contribution in [0.5, 0.6) is 0 Å². The average Bonchev–Trinajstić information content (AvgIpc) is 3.41. The maximum atomic E-state index is 13.6. The van der Waals surface area contributed by atoms with Crippen molar-refractivity contribution in [2.45, 2.75) is 290 Å². The van der Waals surface area contributed by atoms with Gasteiger partial charge in [0.1, 0.15) is 19.3 Å². The standard InChI is InChI=1S/C69H123N2O7P/c1-7-10-13-16-19-22-25-28-30-32-34-35-37-39-41-44-47-50-53-56-59-62-69(73)78-67(60-57-54-51-48-45-42-27-24-21-18-15-12-9-3)66(65-77-79(74,75)76-64-63-71(4,5)6)70-68(72)61-58-55-52-49-46-43-40-38-36-33-31-29-26-23-20-17-14-11-8-2/h10,13,19,22,28-31,34-35,39,41,47,50,57,60,66-67H,7-9,11-12,14-18,20-21,23-27,32-33,36-38,40,42-46,48-49,51-56,58-59,61-65H2,1-6H3,(H-,70,72,74,75)/b13-10-,22-19-,30-28-,31-29+,35-34-,41-39-,50-47-,60-57+. The zero-order chi connectivity index (χ0) is 57.9. The maximum Gasteiger partial charge on any atom is 0.306 e.